The van der Waals surface area contributed by atoms with E-state index in [1.807, 2.05) is 0 Å². The molecular weight excluding hydrogens is 385 g/mol. The Morgan fingerprint density at radius 3 is 2.59 bits per heavy atom. The van der Waals surface area contributed by atoms with Crippen molar-refractivity contribution in [1.29, 1.82) is 0 Å². The van der Waals surface area contributed by atoms with Crippen molar-refractivity contribution in [3.05, 3.63) is 65.5 Å². The van der Waals surface area contributed by atoms with E-state index in [9.17, 15) is 18.0 Å². The molecule has 0 bridgehead atoms. The summed E-state index contributed by atoms with van der Waals surface area (Å²) in [6.07, 6.45) is -3.06. The van der Waals surface area contributed by atoms with Crippen molar-refractivity contribution in [3.63, 3.8) is 0 Å². The Morgan fingerprint density at radius 1 is 1.10 bits per heavy atom. The number of furan rings is 1. The van der Waals surface area contributed by atoms with Crippen molar-refractivity contribution in [2.45, 2.75) is 13.1 Å². The van der Waals surface area contributed by atoms with Crippen LogP contribution in [-0.4, -0.2) is 17.9 Å². The maximum absolute atomic E-state index is 12.9. The molecule has 2 heterocycles. The van der Waals surface area contributed by atoms with Gasteiger partial charge in [-0.05, 0) is 43.3 Å². The van der Waals surface area contributed by atoms with E-state index in [0.717, 1.165) is 12.1 Å². The van der Waals surface area contributed by atoms with E-state index in [0.29, 0.717) is 39.2 Å². The lowest BCUT2D eigenvalue weighted by Crippen LogP contribution is -2.18. The van der Waals surface area contributed by atoms with Crippen LogP contribution in [0, 0.1) is 6.92 Å². The van der Waals surface area contributed by atoms with E-state index in [-0.39, 0.29) is 11.4 Å². The van der Waals surface area contributed by atoms with E-state index >= 15 is 0 Å². The van der Waals surface area contributed by atoms with Crippen LogP contribution in [0.1, 0.15) is 21.7 Å². The number of carbonyl (C=O) groups excluding carboxylic acids is 1. The normalized spacial score (nSPS) is 11.8. The van der Waals surface area contributed by atoms with Crippen LogP contribution in [-0.2, 0) is 6.18 Å². The molecule has 0 spiro atoms. The molecule has 2 aromatic carbocycles. The van der Waals surface area contributed by atoms with Gasteiger partial charge in [0.2, 0.25) is 0 Å². The van der Waals surface area contributed by atoms with Crippen LogP contribution in [0.5, 0.6) is 11.5 Å². The monoisotopic (exact) mass is 400 g/mol. The van der Waals surface area contributed by atoms with Crippen molar-refractivity contribution in [2.24, 2.45) is 0 Å². The maximum Gasteiger partial charge on any atom is 0.416 e. The number of halogens is 3. The number of aryl methyl sites for hydroxylation is 1. The van der Waals surface area contributed by atoms with Gasteiger partial charge in [0.15, 0.2) is 0 Å². The molecule has 8 heteroatoms. The van der Waals surface area contributed by atoms with Crippen LogP contribution >= 0.6 is 0 Å². The molecule has 0 saturated heterocycles. The number of ether oxygens (including phenoxy) is 1. The van der Waals surface area contributed by atoms with Crippen LogP contribution in [0.2, 0.25) is 0 Å². The number of rotatable bonds is 3. The zero-order valence-electron chi connectivity index (χ0n) is 15.4. The summed E-state index contributed by atoms with van der Waals surface area (Å²) in [5, 5.41) is 3.66. The number of aromatic nitrogens is 1. The molecule has 0 aliphatic carbocycles. The fourth-order valence-electron chi connectivity index (χ4n) is 3.18. The molecule has 0 unspecified atom stereocenters. The van der Waals surface area contributed by atoms with Crippen LogP contribution < -0.4 is 10.1 Å². The molecule has 0 aliphatic heterocycles. The Labute approximate surface area is 163 Å². The number of amides is 1. The first-order chi connectivity index (χ1) is 13.8. The van der Waals surface area contributed by atoms with Gasteiger partial charge in [0.1, 0.15) is 22.8 Å². The third-order valence-electron chi connectivity index (χ3n) is 4.55. The van der Waals surface area contributed by atoms with E-state index in [1.165, 1.54) is 19.3 Å². The second kappa shape index (κ2) is 6.80. The largest absolute Gasteiger partial charge is 0.460 e. The quantitative estimate of drug-likeness (QED) is 0.496. The lowest BCUT2D eigenvalue weighted by Gasteiger charge is -2.11. The van der Waals surface area contributed by atoms with Gasteiger partial charge in [0, 0.05) is 30.1 Å². The maximum atomic E-state index is 12.9. The smallest absolute Gasteiger partial charge is 0.416 e. The van der Waals surface area contributed by atoms with Crippen molar-refractivity contribution >= 4 is 27.8 Å². The number of pyridine rings is 1. The minimum atomic E-state index is -4.45. The van der Waals surface area contributed by atoms with Gasteiger partial charge < -0.3 is 14.5 Å². The fourth-order valence-corrected chi connectivity index (χ4v) is 3.18. The highest BCUT2D eigenvalue weighted by Crippen LogP contribution is 2.36. The lowest BCUT2D eigenvalue weighted by molar-refractivity contribution is -0.137. The van der Waals surface area contributed by atoms with Gasteiger partial charge >= 0.3 is 6.18 Å². The molecule has 5 nitrogen and oxygen atoms in total. The summed E-state index contributed by atoms with van der Waals surface area (Å²) in [5.41, 5.74) is 0.317. The molecule has 29 heavy (non-hydrogen) atoms. The molecule has 2 aromatic heterocycles. The summed E-state index contributed by atoms with van der Waals surface area (Å²) >= 11 is 0. The van der Waals surface area contributed by atoms with E-state index in [4.69, 9.17) is 9.15 Å². The topological polar surface area (TPSA) is 64.4 Å². The predicted octanol–water partition coefficient (Wildman–Crippen LogP) is 5.46. The Balaban J connectivity index is 1.73. The van der Waals surface area contributed by atoms with Crippen LogP contribution in [0.4, 0.5) is 13.2 Å². The van der Waals surface area contributed by atoms with Gasteiger partial charge in [-0.25, -0.2) is 0 Å². The number of benzene rings is 2. The number of hydrogen-bond donors (Lipinski definition) is 1. The third kappa shape index (κ3) is 3.37. The number of hydrogen-bond acceptors (Lipinski definition) is 4. The van der Waals surface area contributed by atoms with Crippen LogP contribution in [0.25, 0.3) is 21.9 Å². The zero-order valence-corrected chi connectivity index (χ0v) is 15.4. The Morgan fingerprint density at radius 2 is 1.86 bits per heavy atom. The molecule has 4 aromatic rings. The molecule has 1 amide bonds. The van der Waals surface area contributed by atoms with Crippen LogP contribution in [0.3, 0.4) is 0 Å². The summed E-state index contributed by atoms with van der Waals surface area (Å²) < 4.78 is 50.3. The molecule has 0 fully saturated rings. The number of nitrogens with one attached hydrogen (secondary N) is 1. The van der Waals surface area contributed by atoms with Crippen molar-refractivity contribution in [1.82, 2.24) is 10.3 Å². The van der Waals surface area contributed by atoms with Gasteiger partial charge in [-0.15, -0.1) is 0 Å². The van der Waals surface area contributed by atoms with E-state index < -0.39 is 11.7 Å². The first-order valence-corrected chi connectivity index (χ1v) is 8.67. The molecule has 0 aliphatic rings. The fraction of sp³-hybridized carbons (Fsp3) is 0.143. The van der Waals surface area contributed by atoms with E-state index in [1.54, 1.807) is 31.2 Å². The Kier molecular flexibility index (Phi) is 4.41. The Bertz CT molecular complexity index is 1250. The standard InChI is InChI=1S/C21H15F3N2O3/c1-11-19(20(27)25-2)15-6-4-13(10-18(15)28-11)29-17-7-8-26-16-9-12(21(22,23)24)3-5-14(16)17/h3-10H,1-2H3,(H,25,27). The predicted molar refractivity (Wildman–Crippen MR) is 101 cm³/mol. The first kappa shape index (κ1) is 18.8. The lowest BCUT2D eigenvalue weighted by atomic mass is 10.1. The van der Waals surface area contributed by atoms with Gasteiger partial charge in [-0.3, -0.25) is 9.78 Å². The highest BCUT2D eigenvalue weighted by Gasteiger charge is 2.30. The molecule has 0 atom stereocenters. The highest BCUT2D eigenvalue weighted by atomic mass is 19.4. The average molecular weight is 400 g/mol. The summed E-state index contributed by atoms with van der Waals surface area (Å²) in [5.74, 6) is 1.00. The van der Waals surface area contributed by atoms with Gasteiger partial charge in [0.25, 0.3) is 5.91 Å². The molecule has 1 N–H and O–H groups in total. The second-order valence-electron chi connectivity index (χ2n) is 6.41. The highest BCUT2D eigenvalue weighted by molar-refractivity contribution is 6.07. The minimum absolute atomic E-state index is 0.175. The van der Waals surface area contributed by atoms with Gasteiger partial charge in [-0.1, -0.05) is 0 Å². The summed E-state index contributed by atoms with van der Waals surface area (Å²) in [6.45, 7) is 1.69. The number of nitrogens with zero attached hydrogens (tertiary/aromatic N) is 1. The Hall–Kier alpha value is -3.55. The first-order valence-electron chi connectivity index (χ1n) is 8.67. The van der Waals surface area contributed by atoms with Crippen molar-refractivity contribution in [3.8, 4) is 11.5 Å². The van der Waals surface area contributed by atoms with Crippen molar-refractivity contribution < 1.29 is 27.1 Å². The minimum Gasteiger partial charge on any atom is -0.460 e. The summed E-state index contributed by atoms with van der Waals surface area (Å²) in [7, 11) is 1.54. The molecule has 0 radical (unpaired) electrons. The molecule has 4 rings (SSSR count). The van der Waals surface area contributed by atoms with Gasteiger partial charge in [0.05, 0.1) is 16.6 Å². The second-order valence-corrected chi connectivity index (χ2v) is 6.41. The number of carbonyl (C=O) groups is 1. The molecule has 0 saturated carbocycles. The van der Waals surface area contributed by atoms with Crippen molar-refractivity contribution in [2.75, 3.05) is 7.05 Å². The average Bonchev–Trinajstić information content (AvgIpc) is 3.01. The SMILES string of the molecule is CNC(=O)c1c(C)oc2cc(Oc3ccnc4cc(C(F)(F)F)ccc34)ccc12. The van der Waals surface area contributed by atoms with Crippen LogP contribution in [0.15, 0.2) is 53.1 Å². The molecular formula is C21H15F3N2O3. The van der Waals surface area contributed by atoms with Gasteiger partial charge in [-0.2, -0.15) is 13.2 Å². The zero-order chi connectivity index (χ0) is 20.8. The van der Waals surface area contributed by atoms with E-state index in [2.05, 4.69) is 10.3 Å². The number of fused-ring (bicyclic) bond motifs is 2. The third-order valence-corrected chi connectivity index (χ3v) is 4.55. The number of alkyl halides is 3. The molecule has 148 valence electrons. The summed E-state index contributed by atoms with van der Waals surface area (Å²) in [4.78, 5) is 16.0. The summed E-state index contributed by atoms with van der Waals surface area (Å²) in [6, 6.07) is 9.88.